The second-order valence-electron chi connectivity index (χ2n) is 7.04. The van der Waals surface area contributed by atoms with Crippen molar-refractivity contribution in [3.63, 3.8) is 0 Å². The predicted octanol–water partition coefficient (Wildman–Crippen LogP) is 7.74. The minimum Gasteiger partial charge on any atom is -0.0895 e. The van der Waals surface area contributed by atoms with Crippen molar-refractivity contribution in [2.45, 2.75) is 16.2 Å². The summed E-state index contributed by atoms with van der Waals surface area (Å²) < 4.78 is 0. The third kappa shape index (κ3) is 3.42. The molecule has 0 radical (unpaired) electrons. The molecule has 0 nitrogen and oxygen atoms in total. The van der Waals surface area contributed by atoms with Crippen LogP contribution in [0, 0.1) is 0 Å². The first-order valence-corrected chi connectivity index (χ1v) is 10.4. The van der Waals surface area contributed by atoms with E-state index in [1.54, 1.807) is 0 Å². The second-order valence-corrected chi connectivity index (χ2v) is 8.12. The molecule has 5 aromatic carbocycles. The van der Waals surface area contributed by atoms with E-state index in [0.717, 1.165) is 6.42 Å². The van der Waals surface area contributed by atoms with E-state index in [-0.39, 0.29) is 0 Å². The molecule has 6 rings (SSSR count). The van der Waals surface area contributed by atoms with Crippen molar-refractivity contribution >= 4 is 33.3 Å². The average Bonchev–Trinajstić information content (AvgIpc) is 2.76. The Hall–Kier alpha value is -3.03. The van der Waals surface area contributed by atoms with Crippen molar-refractivity contribution < 1.29 is 0 Å². The fourth-order valence-electron chi connectivity index (χ4n) is 3.71. The maximum absolute atomic E-state index is 2.24. The summed E-state index contributed by atoms with van der Waals surface area (Å²) in [7, 11) is 0. The number of rotatable bonds is 0. The molecule has 134 valence electrons. The van der Waals surface area contributed by atoms with Gasteiger partial charge < -0.3 is 0 Å². The van der Waals surface area contributed by atoms with Crippen molar-refractivity contribution in [3.8, 4) is 0 Å². The van der Waals surface area contributed by atoms with E-state index in [2.05, 4.69) is 109 Å². The largest absolute Gasteiger partial charge is 0.0895 e. The summed E-state index contributed by atoms with van der Waals surface area (Å²) in [5.74, 6) is 0. The van der Waals surface area contributed by atoms with E-state index >= 15 is 0 Å². The lowest BCUT2D eigenvalue weighted by atomic mass is 10.0. The summed E-state index contributed by atoms with van der Waals surface area (Å²) in [5.41, 5.74) is 2.91. The molecule has 0 bridgehead atoms. The highest BCUT2D eigenvalue weighted by Gasteiger charge is 2.13. The molecule has 0 N–H and O–H groups in total. The summed E-state index contributed by atoms with van der Waals surface area (Å²) >= 11 is 1.88. The molecule has 0 unspecified atom stereocenters. The zero-order valence-electron chi connectivity index (χ0n) is 15.5. The van der Waals surface area contributed by atoms with Crippen LogP contribution in [0.1, 0.15) is 11.1 Å². The molecule has 1 aliphatic heterocycles. The number of benzene rings is 5. The van der Waals surface area contributed by atoms with Crippen molar-refractivity contribution in [1.82, 2.24) is 0 Å². The highest BCUT2D eigenvalue weighted by atomic mass is 32.2. The molecule has 0 spiro atoms. The highest BCUT2D eigenvalue weighted by molar-refractivity contribution is 7.99. The molecule has 0 saturated carbocycles. The van der Waals surface area contributed by atoms with Gasteiger partial charge in [0.1, 0.15) is 0 Å². The van der Waals surface area contributed by atoms with Crippen LogP contribution in [-0.2, 0) is 6.42 Å². The first-order valence-electron chi connectivity index (χ1n) is 9.58. The summed E-state index contributed by atoms with van der Waals surface area (Å²) in [4.78, 5) is 2.82. The van der Waals surface area contributed by atoms with Gasteiger partial charge in [0.05, 0.1) is 0 Å². The maximum atomic E-state index is 2.24. The summed E-state index contributed by atoms with van der Waals surface area (Å²) in [6.07, 6.45) is 1.08. The molecule has 0 aromatic heterocycles. The van der Waals surface area contributed by atoms with E-state index in [0.29, 0.717) is 0 Å². The molecule has 1 heteroatoms. The van der Waals surface area contributed by atoms with Gasteiger partial charge in [0.25, 0.3) is 0 Å². The standard InChI is InChI=1S/C14H10.C13H10S/c1-2-6-12-10-14-8-4-3-7-13(14)9-11(12)5-1;1-3-7-12-10(5-1)9-11-6-2-4-8-13(11)14-12/h1-10H;1-8H,9H2. The highest BCUT2D eigenvalue weighted by Crippen LogP contribution is 2.38. The first kappa shape index (κ1) is 17.1. The lowest BCUT2D eigenvalue weighted by molar-refractivity contribution is 1.06. The van der Waals surface area contributed by atoms with Crippen LogP contribution in [-0.4, -0.2) is 0 Å². The van der Waals surface area contributed by atoms with E-state index in [9.17, 15) is 0 Å². The Morgan fingerprint density at radius 3 is 1.21 bits per heavy atom. The zero-order valence-corrected chi connectivity index (χ0v) is 16.3. The van der Waals surface area contributed by atoms with Gasteiger partial charge in [-0.2, -0.15) is 0 Å². The Kier molecular flexibility index (Phi) is 4.60. The fourth-order valence-corrected chi connectivity index (χ4v) is 4.78. The van der Waals surface area contributed by atoms with Crippen LogP contribution in [0.2, 0.25) is 0 Å². The average molecular weight is 377 g/mol. The first-order chi connectivity index (χ1) is 13.9. The molecule has 0 amide bonds. The van der Waals surface area contributed by atoms with Crippen LogP contribution in [0.5, 0.6) is 0 Å². The zero-order chi connectivity index (χ0) is 18.8. The third-order valence-electron chi connectivity index (χ3n) is 5.16. The molecule has 1 aliphatic rings. The van der Waals surface area contributed by atoms with Crippen LogP contribution >= 0.6 is 11.8 Å². The van der Waals surface area contributed by atoms with Gasteiger partial charge in [0.2, 0.25) is 0 Å². The monoisotopic (exact) mass is 376 g/mol. The summed E-state index contributed by atoms with van der Waals surface area (Å²) in [6.45, 7) is 0. The quantitative estimate of drug-likeness (QED) is 0.244. The van der Waals surface area contributed by atoms with Crippen LogP contribution in [0.3, 0.4) is 0 Å². The van der Waals surface area contributed by atoms with Gasteiger partial charge >= 0.3 is 0 Å². The Morgan fingerprint density at radius 2 is 0.786 bits per heavy atom. The number of hydrogen-bond donors (Lipinski definition) is 0. The number of hydrogen-bond acceptors (Lipinski definition) is 1. The summed E-state index contributed by atoms with van der Waals surface area (Å²) in [5, 5.41) is 5.25. The molecule has 0 atom stereocenters. The minimum absolute atomic E-state index is 1.08. The fraction of sp³-hybridized carbons (Fsp3) is 0.0370. The lowest BCUT2D eigenvalue weighted by Crippen LogP contribution is -1.98. The normalized spacial score (nSPS) is 12.0. The van der Waals surface area contributed by atoms with Crippen molar-refractivity contribution in [2.24, 2.45) is 0 Å². The number of fused-ring (bicyclic) bond motifs is 4. The SMILES string of the molecule is c1ccc2c(c1)Cc1ccccc1S2.c1ccc2cc3ccccc3cc2c1. The molecule has 0 aliphatic carbocycles. The maximum Gasteiger partial charge on any atom is 0.0157 e. The van der Waals surface area contributed by atoms with Gasteiger partial charge in [-0.25, -0.2) is 0 Å². The lowest BCUT2D eigenvalue weighted by Gasteiger charge is -2.17. The Bertz CT molecular complexity index is 1080. The predicted molar refractivity (Wildman–Crippen MR) is 121 cm³/mol. The minimum atomic E-state index is 1.08. The topological polar surface area (TPSA) is 0 Å². The Morgan fingerprint density at radius 1 is 0.429 bits per heavy atom. The van der Waals surface area contributed by atoms with Crippen LogP contribution < -0.4 is 0 Å². The van der Waals surface area contributed by atoms with Crippen LogP contribution in [0.4, 0.5) is 0 Å². The smallest absolute Gasteiger partial charge is 0.0157 e. The Labute approximate surface area is 169 Å². The van der Waals surface area contributed by atoms with Gasteiger partial charge in [-0.1, -0.05) is 96.7 Å². The molecule has 28 heavy (non-hydrogen) atoms. The molecule has 5 aromatic rings. The molecular formula is C27H20S. The molecule has 0 saturated heterocycles. The third-order valence-corrected chi connectivity index (χ3v) is 6.40. The van der Waals surface area contributed by atoms with E-state index in [1.165, 1.54) is 42.5 Å². The van der Waals surface area contributed by atoms with E-state index in [1.807, 2.05) is 11.8 Å². The summed E-state index contributed by atoms with van der Waals surface area (Å²) in [6, 6.07) is 38.7. The van der Waals surface area contributed by atoms with Crippen molar-refractivity contribution in [3.05, 3.63) is 120 Å². The van der Waals surface area contributed by atoms with E-state index < -0.39 is 0 Å². The van der Waals surface area contributed by atoms with Gasteiger partial charge in [-0.05, 0) is 63.4 Å². The van der Waals surface area contributed by atoms with Gasteiger partial charge in [-0.15, -0.1) is 0 Å². The van der Waals surface area contributed by atoms with Gasteiger partial charge in [0.15, 0.2) is 0 Å². The molecular weight excluding hydrogens is 356 g/mol. The van der Waals surface area contributed by atoms with Crippen molar-refractivity contribution in [1.29, 1.82) is 0 Å². The second kappa shape index (κ2) is 7.53. The van der Waals surface area contributed by atoms with Crippen LogP contribution in [0.25, 0.3) is 21.5 Å². The van der Waals surface area contributed by atoms with Crippen LogP contribution in [0.15, 0.2) is 119 Å². The molecule has 0 fully saturated rings. The molecule has 1 heterocycles. The van der Waals surface area contributed by atoms with Crippen molar-refractivity contribution in [2.75, 3.05) is 0 Å². The van der Waals surface area contributed by atoms with E-state index in [4.69, 9.17) is 0 Å². The van der Waals surface area contributed by atoms with Gasteiger partial charge in [0, 0.05) is 9.79 Å². The van der Waals surface area contributed by atoms with Gasteiger partial charge in [-0.3, -0.25) is 0 Å². The Balaban J connectivity index is 0.000000122.